The molecule has 0 unspecified atom stereocenters. The second-order valence-electron chi connectivity index (χ2n) is 4.99. The Labute approximate surface area is 149 Å². The minimum Gasteiger partial charge on any atom is -0.492 e. The molecule has 0 bridgehead atoms. The summed E-state index contributed by atoms with van der Waals surface area (Å²) in [6.45, 7) is 2.46. The van der Waals surface area contributed by atoms with Crippen molar-refractivity contribution in [2.24, 2.45) is 0 Å². The van der Waals surface area contributed by atoms with E-state index in [0.29, 0.717) is 28.2 Å². The summed E-state index contributed by atoms with van der Waals surface area (Å²) in [4.78, 5) is 14.2. The Hall–Kier alpha value is -1.36. The molecule has 0 N–H and O–H groups in total. The molecule has 1 saturated heterocycles. The van der Waals surface area contributed by atoms with Gasteiger partial charge in [0.05, 0.1) is 18.0 Å². The van der Waals surface area contributed by atoms with Crippen LogP contribution in [0.2, 0.25) is 10.0 Å². The molecule has 1 heterocycles. The maximum Gasteiger partial charge on any atom is 0.238 e. The number of benzene rings is 2. The summed E-state index contributed by atoms with van der Waals surface area (Å²) in [6.07, 6.45) is 0. The Morgan fingerprint density at radius 2 is 2.04 bits per heavy atom. The fourth-order valence-corrected chi connectivity index (χ4v) is 4.33. The van der Waals surface area contributed by atoms with E-state index in [1.165, 1.54) is 0 Å². The first-order chi connectivity index (χ1) is 11.1. The number of anilines is 1. The number of ether oxygens (including phenoxy) is 1. The molecule has 3 nitrogen and oxygen atoms in total. The molecule has 0 spiro atoms. The minimum absolute atomic E-state index is 0.0400. The fourth-order valence-electron chi connectivity index (χ4n) is 2.55. The highest BCUT2D eigenvalue weighted by molar-refractivity contribution is 8.00. The molecule has 3 rings (SSSR count). The van der Waals surface area contributed by atoms with E-state index in [1.807, 2.05) is 37.3 Å². The molecule has 2 aromatic rings. The molecule has 1 fully saturated rings. The first-order valence-electron chi connectivity index (χ1n) is 7.22. The highest BCUT2D eigenvalue weighted by atomic mass is 35.5. The lowest BCUT2D eigenvalue weighted by atomic mass is 10.1. The second kappa shape index (κ2) is 7.04. The van der Waals surface area contributed by atoms with E-state index in [4.69, 9.17) is 27.9 Å². The number of hydrogen-bond donors (Lipinski definition) is 0. The molecule has 6 heteroatoms. The molecule has 1 aliphatic rings. The number of para-hydroxylation sites is 2. The maximum absolute atomic E-state index is 12.5. The smallest absolute Gasteiger partial charge is 0.238 e. The zero-order valence-electron chi connectivity index (χ0n) is 12.5. The van der Waals surface area contributed by atoms with Crippen molar-refractivity contribution in [3.63, 3.8) is 0 Å². The van der Waals surface area contributed by atoms with Crippen molar-refractivity contribution in [2.75, 3.05) is 17.3 Å². The van der Waals surface area contributed by atoms with E-state index < -0.39 is 0 Å². The molecule has 120 valence electrons. The van der Waals surface area contributed by atoms with Crippen molar-refractivity contribution in [2.45, 2.75) is 12.3 Å². The van der Waals surface area contributed by atoms with Crippen LogP contribution in [0.25, 0.3) is 0 Å². The van der Waals surface area contributed by atoms with Crippen molar-refractivity contribution in [3.05, 3.63) is 58.1 Å². The van der Waals surface area contributed by atoms with Gasteiger partial charge in [0.2, 0.25) is 5.91 Å². The number of amides is 1. The molecule has 23 heavy (non-hydrogen) atoms. The van der Waals surface area contributed by atoms with E-state index in [2.05, 4.69) is 0 Å². The number of halogens is 2. The third-order valence-corrected chi connectivity index (χ3v) is 5.28. The lowest BCUT2D eigenvalue weighted by Gasteiger charge is -2.26. The Morgan fingerprint density at radius 3 is 2.78 bits per heavy atom. The molecular formula is C17H15Cl2NO2S. The van der Waals surface area contributed by atoms with Crippen LogP contribution >= 0.6 is 35.0 Å². The molecule has 1 atom stereocenters. The number of carbonyl (C=O) groups is 1. The largest absolute Gasteiger partial charge is 0.492 e. The van der Waals surface area contributed by atoms with Gasteiger partial charge in [-0.1, -0.05) is 41.4 Å². The fraction of sp³-hybridized carbons (Fsp3) is 0.235. The molecule has 0 aliphatic carbocycles. The van der Waals surface area contributed by atoms with Crippen LogP contribution in [0.3, 0.4) is 0 Å². The predicted molar refractivity (Wildman–Crippen MR) is 96.8 cm³/mol. The van der Waals surface area contributed by atoms with Gasteiger partial charge in [0, 0.05) is 15.6 Å². The first-order valence-corrected chi connectivity index (χ1v) is 9.02. The molecule has 1 aliphatic heterocycles. The van der Waals surface area contributed by atoms with E-state index in [0.717, 1.165) is 11.3 Å². The predicted octanol–water partition coefficient (Wildman–Crippen LogP) is 5.17. The SMILES string of the molecule is CCOc1ccccc1N1C(=O)CS[C@@H]1c1ccc(Cl)cc1Cl. The van der Waals surface area contributed by atoms with Crippen LogP contribution in [0.4, 0.5) is 5.69 Å². The van der Waals surface area contributed by atoms with Gasteiger partial charge in [-0.25, -0.2) is 0 Å². The summed E-state index contributed by atoms with van der Waals surface area (Å²) in [7, 11) is 0. The van der Waals surface area contributed by atoms with E-state index in [1.54, 1.807) is 28.8 Å². The van der Waals surface area contributed by atoms with Crippen molar-refractivity contribution < 1.29 is 9.53 Å². The van der Waals surface area contributed by atoms with Gasteiger partial charge < -0.3 is 4.74 Å². The van der Waals surface area contributed by atoms with Crippen LogP contribution in [0.5, 0.6) is 5.75 Å². The van der Waals surface area contributed by atoms with E-state index in [9.17, 15) is 4.79 Å². The van der Waals surface area contributed by atoms with Gasteiger partial charge in [-0.15, -0.1) is 11.8 Å². The number of rotatable bonds is 4. The van der Waals surface area contributed by atoms with E-state index >= 15 is 0 Å². The quantitative estimate of drug-likeness (QED) is 0.746. The summed E-state index contributed by atoms with van der Waals surface area (Å²) in [5, 5.41) is 0.951. The summed E-state index contributed by atoms with van der Waals surface area (Å²) in [5.74, 6) is 1.14. The number of carbonyl (C=O) groups excluding carboxylic acids is 1. The molecule has 2 aromatic carbocycles. The Morgan fingerprint density at radius 1 is 1.26 bits per heavy atom. The van der Waals surface area contributed by atoms with Crippen molar-refractivity contribution in [3.8, 4) is 5.75 Å². The monoisotopic (exact) mass is 367 g/mol. The second-order valence-corrected chi connectivity index (χ2v) is 6.91. The van der Waals surface area contributed by atoms with Gasteiger partial charge in [0.1, 0.15) is 11.1 Å². The molecule has 1 amide bonds. The van der Waals surface area contributed by atoms with Crippen molar-refractivity contribution >= 4 is 46.6 Å². The van der Waals surface area contributed by atoms with Gasteiger partial charge >= 0.3 is 0 Å². The number of nitrogens with zero attached hydrogens (tertiary/aromatic N) is 1. The van der Waals surface area contributed by atoms with Crippen molar-refractivity contribution in [1.82, 2.24) is 0 Å². The zero-order valence-corrected chi connectivity index (χ0v) is 14.8. The van der Waals surface area contributed by atoms with Crippen LogP contribution in [-0.4, -0.2) is 18.3 Å². The van der Waals surface area contributed by atoms with Gasteiger partial charge in [0.15, 0.2) is 0 Å². The van der Waals surface area contributed by atoms with Gasteiger partial charge in [-0.3, -0.25) is 9.69 Å². The molecular weight excluding hydrogens is 353 g/mol. The van der Waals surface area contributed by atoms with Gasteiger partial charge in [-0.2, -0.15) is 0 Å². The van der Waals surface area contributed by atoms with Crippen LogP contribution in [-0.2, 0) is 4.79 Å². The van der Waals surface area contributed by atoms with Crippen LogP contribution in [0, 0.1) is 0 Å². The molecule has 0 saturated carbocycles. The standard InChI is InChI=1S/C17H15Cl2NO2S/c1-2-22-15-6-4-3-5-14(15)20-16(21)10-23-17(20)12-8-7-11(18)9-13(12)19/h3-9,17H,2,10H2,1H3/t17-/m1/s1. The lowest BCUT2D eigenvalue weighted by Crippen LogP contribution is -2.28. The zero-order chi connectivity index (χ0) is 16.4. The van der Waals surface area contributed by atoms with Gasteiger partial charge in [-0.05, 0) is 31.2 Å². The molecule has 0 radical (unpaired) electrons. The average Bonchev–Trinajstić information content (AvgIpc) is 2.90. The van der Waals surface area contributed by atoms with Crippen molar-refractivity contribution in [1.29, 1.82) is 0 Å². The Balaban J connectivity index is 2.04. The Kier molecular flexibility index (Phi) is 5.05. The Bertz CT molecular complexity index is 738. The maximum atomic E-state index is 12.5. The summed E-state index contributed by atoms with van der Waals surface area (Å²) in [5.41, 5.74) is 1.64. The minimum atomic E-state index is -0.186. The lowest BCUT2D eigenvalue weighted by molar-refractivity contribution is -0.115. The highest BCUT2D eigenvalue weighted by Crippen LogP contribution is 2.46. The third kappa shape index (κ3) is 3.30. The topological polar surface area (TPSA) is 29.5 Å². The van der Waals surface area contributed by atoms with Crippen LogP contribution in [0.1, 0.15) is 17.9 Å². The average molecular weight is 368 g/mol. The van der Waals surface area contributed by atoms with Crippen LogP contribution in [0.15, 0.2) is 42.5 Å². The number of thioether (sulfide) groups is 1. The van der Waals surface area contributed by atoms with E-state index in [-0.39, 0.29) is 11.3 Å². The summed E-state index contributed by atoms with van der Waals surface area (Å²) in [6, 6.07) is 12.9. The summed E-state index contributed by atoms with van der Waals surface area (Å²) >= 11 is 13.9. The highest BCUT2D eigenvalue weighted by Gasteiger charge is 2.36. The first kappa shape index (κ1) is 16.5. The number of hydrogen-bond acceptors (Lipinski definition) is 3. The molecule has 0 aromatic heterocycles. The summed E-state index contributed by atoms with van der Waals surface area (Å²) < 4.78 is 5.67. The van der Waals surface area contributed by atoms with Crippen LogP contribution < -0.4 is 9.64 Å². The third-order valence-electron chi connectivity index (χ3n) is 3.52. The normalized spacial score (nSPS) is 17.6. The van der Waals surface area contributed by atoms with Gasteiger partial charge in [0.25, 0.3) is 0 Å².